The third-order valence-electron chi connectivity index (χ3n) is 5.00. The Bertz CT molecular complexity index is 1610. The molecule has 0 aliphatic carbocycles. The number of anilines is 1. The molecule has 0 atom stereocenters. The van der Waals surface area contributed by atoms with Crippen molar-refractivity contribution in [1.82, 2.24) is 24.7 Å². The molecule has 2 aromatic carbocycles. The third kappa shape index (κ3) is 4.14. The van der Waals surface area contributed by atoms with E-state index < -0.39 is 5.91 Å². The Morgan fingerprint density at radius 3 is 2.54 bits per heavy atom. The zero-order valence-corrected chi connectivity index (χ0v) is 17.9. The van der Waals surface area contributed by atoms with Gasteiger partial charge >= 0.3 is 0 Å². The van der Waals surface area contributed by atoms with Crippen molar-refractivity contribution in [3.05, 3.63) is 90.5 Å². The minimum atomic E-state index is -0.566. The van der Waals surface area contributed by atoms with Crippen molar-refractivity contribution < 1.29 is 9.90 Å². The number of rotatable bonds is 5. The van der Waals surface area contributed by atoms with Crippen LogP contribution >= 0.6 is 0 Å². The Labute approximate surface area is 198 Å². The summed E-state index contributed by atoms with van der Waals surface area (Å²) in [4.78, 5) is 25.3. The standard InChI is InChI=1S/C24H15N9O2/c25-13-16-14-29-33(24-27-10-5-11-28-24)22(16)32-31-20-17-7-2-1-6-15(17)12-18(21(20)34)23(35)30-19-8-3-4-9-26-19/h1-12,14,34H,(H,26,30,35)/b32-31+. The maximum absolute atomic E-state index is 12.9. The molecular formula is C24H15N9O2. The van der Waals surface area contributed by atoms with Crippen LogP contribution in [0.15, 0.2) is 89.6 Å². The summed E-state index contributed by atoms with van der Waals surface area (Å²) in [6.45, 7) is 0. The average molecular weight is 461 g/mol. The molecule has 168 valence electrons. The smallest absolute Gasteiger partial charge is 0.260 e. The van der Waals surface area contributed by atoms with Gasteiger partial charge in [0.05, 0.1) is 11.8 Å². The lowest BCUT2D eigenvalue weighted by Gasteiger charge is -2.11. The highest BCUT2D eigenvalue weighted by Gasteiger charge is 2.20. The fourth-order valence-corrected chi connectivity index (χ4v) is 3.37. The van der Waals surface area contributed by atoms with E-state index >= 15 is 0 Å². The molecular weight excluding hydrogens is 446 g/mol. The number of carbonyl (C=O) groups excluding carboxylic acids is 1. The lowest BCUT2D eigenvalue weighted by molar-refractivity contribution is 0.102. The number of fused-ring (bicyclic) bond motifs is 1. The molecule has 1 amide bonds. The molecule has 0 aliphatic heterocycles. The first-order valence-electron chi connectivity index (χ1n) is 10.3. The number of azo groups is 1. The molecule has 0 radical (unpaired) electrons. The van der Waals surface area contributed by atoms with Crippen LogP contribution in [0, 0.1) is 11.3 Å². The molecule has 0 bridgehead atoms. The number of pyridine rings is 1. The van der Waals surface area contributed by atoms with Gasteiger partial charge in [-0.05, 0) is 29.7 Å². The fraction of sp³-hybridized carbons (Fsp3) is 0. The van der Waals surface area contributed by atoms with Crippen molar-refractivity contribution in [2.45, 2.75) is 0 Å². The second kappa shape index (κ2) is 9.16. The molecule has 0 aliphatic rings. The van der Waals surface area contributed by atoms with E-state index in [0.29, 0.717) is 16.6 Å². The van der Waals surface area contributed by atoms with Crippen molar-refractivity contribution in [3.63, 3.8) is 0 Å². The molecule has 5 aromatic rings. The molecule has 2 N–H and O–H groups in total. The summed E-state index contributed by atoms with van der Waals surface area (Å²) in [7, 11) is 0. The van der Waals surface area contributed by atoms with Gasteiger partial charge in [-0.2, -0.15) is 15.0 Å². The van der Waals surface area contributed by atoms with Crippen molar-refractivity contribution in [2.75, 3.05) is 5.32 Å². The summed E-state index contributed by atoms with van der Waals surface area (Å²) in [6, 6.07) is 17.4. The molecule has 0 saturated carbocycles. The van der Waals surface area contributed by atoms with E-state index in [-0.39, 0.29) is 34.3 Å². The van der Waals surface area contributed by atoms with Crippen LogP contribution in [0.3, 0.4) is 0 Å². The molecule has 5 rings (SSSR count). The predicted octanol–water partition coefficient (Wildman–Crippen LogP) is 4.46. The van der Waals surface area contributed by atoms with E-state index in [1.807, 2.05) is 6.07 Å². The van der Waals surface area contributed by atoms with Gasteiger partial charge in [0.1, 0.15) is 23.1 Å². The van der Waals surface area contributed by atoms with Gasteiger partial charge in [-0.25, -0.2) is 15.0 Å². The summed E-state index contributed by atoms with van der Waals surface area (Å²) >= 11 is 0. The Morgan fingerprint density at radius 1 is 1.00 bits per heavy atom. The SMILES string of the molecule is N#Cc1cnn(-c2ncccn2)c1/N=N/c1c(O)c(C(=O)Nc2ccccn2)cc2ccccc12. The van der Waals surface area contributed by atoms with Gasteiger partial charge in [-0.3, -0.25) is 4.79 Å². The summed E-state index contributed by atoms with van der Waals surface area (Å²) in [5.74, 6) is -0.338. The lowest BCUT2D eigenvalue weighted by Crippen LogP contribution is -2.13. The minimum absolute atomic E-state index is 0.0105. The Hall–Kier alpha value is -5.50. The van der Waals surface area contributed by atoms with Crippen molar-refractivity contribution in [2.24, 2.45) is 10.2 Å². The molecule has 11 heteroatoms. The van der Waals surface area contributed by atoms with Crippen LogP contribution in [0.25, 0.3) is 16.7 Å². The lowest BCUT2D eigenvalue weighted by atomic mass is 10.0. The van der Waals surface area contributed by atoms with E-state index in [1.54, 1.807) is 60.8 Å². The monoisotopic (exact) mass is 461 g/mol. The molecule has 0 unspecified atom stereocenters. The van der Waals surface area contributed by atoms with Gasteiger partial charge in [-0.15, -0.1) is 10.2 Å². The highest BCUT2D eigenvalue weighted by Crippen LogP contribution is 2.40. The number of carbonyl (C=O) groups is 1. The summed E-state index contributed by atoms with van der Waals surface area (Å²) in [5.41, 5.74) is 0.178. The van der Waals surface area contributed by atoms with E-state index in [9.17, 15) is 15.2 Å². The van der Waals surface area contributed by atoms with Gasteiger partial charge in [0, 0.05) is 24.0 Å². The van der Waals surface area contributed by atoms with Crippen LogP contribution in [0.5, 0.6) is 5.75 Å². The first-order chi connectivity index (χ1) is 17.2. The second-order valence-corrected chi connectivity index (χ2v) is 7.17. The summed E-state index contributed by atoms with van der Waals surface area (Å²) < 4.78 is 1.26. The molecule has 0 saturated heterocycles. The van der Waals surface area contributed by atoms with Gasteiger partial charge in [-0.1, -0.05) is 30.3 Å². The summed E-state index contributed by atoms with van der Waals surface area (Å²) in [6.07, 6.45) is 5.92. The van der Waals surface area contributed by atoms with Gasteiger partial charge < -0.3 is 10.4 Å². The number of amides is 1. The number of phenolic OH excluding ortho intramolecular Hbond substituents is 1. The Balaban J connectivity index is 1.61. The van der Waals surface area contributed by atoms with E-state index in [4.69, 9.17) is 0 Å². The topological polar surface area (TPSA) is 154 Å². The Morgan fingerprint density at radius 2 is 1.77 bits per heavy atom. The van der Waals surface area contributed by atoms with Crippen LogP contribution in [-0.4, -0.2) is 35.7 Å². The number of aromatic hydroxyl groups is 1. The Kier molecular flexibility index (Phi) is 5.59. The van der Waals surface area contributed by atoms with Crippen LogP contribution in [-0.2, 0) is 0 Å². The zero-order valence-electron chi connectivity index (χ0n) is 17.9. The minimum Gasteiger partial charge on any atom is -0.505 e. The molecule has 35 heavy (non-hydrogen) atoms. The molecule has 11 nitrogen and oxygen atoms in total. The largest absolute Gasteiger partial charge is 0.505 e. The molecule has 3 aromatic heterocycles. The molecule has 3 heterocycles. The van der Waals surface area contributed by atoms with E-state index in [0.717, 1.165) is 0 Å². The second-order valence-electron chi connectivity index (χ2n) is 7.17. The van der Waals surface area contributed by atoms with Crippen LogP contribution in [0.2, 0.25) is 0 Å². The van der Waals surface area contributed by atoms with Crippen LogP contribution < -0.4 is 5.32 Å². The van der Waals surface area contributed by atoms with Gasteiger partial charge in [0.15, 0.2) is 11.6 Å². The number of nitrogens with zero attached hydrogens (tertiary/aromatic N) is 8. The van der Waals surface area contributed by atoms with Crippen molar-refractivity contribution in [3.8, 4) is 17.8 Å². The number of nitriles is 1. The van der Waals surface area contributed by atoms with Crippen LogP contribution in [0.1, 0.15) is 15.9 Å². The van der Waals surface area contributed by atoms with Crippen molar-refractivity contribution in [1.29, 1.82) is 5.26 Å². The molecule has 0 spiro atoms. The maximum Gasteiger partial charge on any atom is 0.260 e. The van der Waals surface area contributed by atoms with E-state index in [2.05, 4.69) is 35.6 Å². The quantitative estimate of drug-likeness (QED) is 0.366. The number of hydrogen-bond donors (Lipinski definition) is 2. The first kappa shape index (κ1) is 21.4. The average Bonchev–Trinajstić information content (AvgIpc) is 3.32. The highest BCUT2D eigenvalue weighted by atomic mass is 16.3. The highest BCUT2D eigenvalue weighted by molar-refractivity contribution is 6.11. The van der Waals surface area contributed by atoms with Gasteiger partial charge in [0.25, 0.3) is 11.9 Å². The van der Waals surface area contributed by atoms with Crippen molar-refractivity contribution >= 4 is 34.0 Å². The normalized spacial score (nSPS) is 10.9. The maximum atomic E-state index is 12.9. The number of nitrogens with one attached hydrogen (secondary N) is 1. The number of benzene rings is 2. The van der Waals surface area contributed by atoms with Gasteiger partial charge in [0.2, 0.25) is 0 Å². The fourth-order valence-electron chi connectivity index (χ4n) is 3.37. The zero-order chi connectivity index (χ0) is 24.2. The predicted molar refractivity (Wildman–Crippen MR) is 126 cm³/mol. The number of hydrogen-bond acceptors (Lipinski definition) is 9. The number of phenols is 1. The first-order valence-corrected chi connectivity index (χ1v) is 10.3. The third-order valence-corrected chi connectivity index (χ3v) is 5.00. The summed E-state index contributed by atoms with van der Waals surface area (Å²) in [5, 5.41) is 37.0. The van der Waals surface area contributed by atoms with Crippen LogP contribution in [0.4, 0.5) is 17.3 Å². The molecule has 0 fully saturated rings. The number of aromatic nitrogens is 5. The van der Waals surface area contributed by atoms with E-state index in [1.165, 1.54) is 23.3 Å².